The summed E-state index contributed by atoms with van der Waals surface area (Å²) in [7, 11) is 2.17. The summed E-state index contributed by atoms with van der Waals surface area (Å²) in [5.41, 5.74) is 0.991. The van der Waals surface area contributed by atoms with Gasteiger partial charge in [0.05, 0.1) is 0 Å². The van der Waals surface area contributed by atoms with Crippen molar-refractivity contribution in [2.24, 2.45) is 0 Å². The fourth-order valence-corrected chi connectivity index (χ4v) is 3.20. The minimum absolute atomic E-state index is 0.217. The first-order valence-electron chi connectivity index (χ1n) is 7.03. The molecule has 1 saturated heterocycles. The van der Waals surface area contributed by atoms with E-state index in [1.807, 2.05) is 12.1 Å². The highest BCUT2D eigenvalue weighted by molar-refractivity contribution is 9.10. The monoisotopic (exact) mass is 326 g/mol. The minimum Gasteiger partial charge on any atom is -0.508 e. The summed E-state index contributed by atoms with van der Waals surface area (Å²) in [4.78, 5) is 2.37. The molecule has 2 N–H and O–H groups in total. The van der Waals surface area contributed by atoms with Crippen molar-refractivity contribution in [3.8, 4) is 5.75 Å². The summed E-state index contributed by atoms with van der Waals surface area (Å²) < 4.78 is 1.02. The Bertz CT molecular complexity index is 425. The van der Waals surface area contributed by atoms with Crippen molar-refractivity contribution in [1.29, 1.82) is 0 Å². The van der Waals surface area contributed by atoms with Crippen molar-refractivity contribution < 1.29 is 5.11 Å². The second-order valence-electron chi connectivity index (χ2n) is 5.43. The van der Waals surface area contributed by atoms with Gasteiger partial charge in [0.2, 0.25) is 0 Å². The zero-order chi connectivity index (χ0) is 13.8. The lowest BCUT2D eigenvalue weighted by Crippen LogP contribution is -2.45. The zero-order valence-electron chi connectivity index (χ0n) is 11.7. The molecule has 1 heterocycles. The topological polar surface area (TPSA) is 35.5 Å². The van der Waals surface area contributed by atoms with E-state index < -0.39 is 0 Å². The first kappa shape index (κ1) is 14.8. The highest BCUT2D eigenvalue weighted by atomic mass is 79.9. The molecule has 0 saturated carbocycles. The highest BCUT2D eigenvalue weighted by Crippen LogP contribution is 2.30. The molecule has 3 nitrogen and oxygen atoms in total. The number of hydrogen-bond acceptors (Lipinski definition) is 3. The van der Waals surface area contributed by atoms with Crippen molar-refractivity contribution in [2.75, 3.05) is 20.1 Å². The van der Waals surface area contributed by atoms with Gasteiger partial charge in [-0.25, -0.2) is 0 Å². The smallest absolute Gasteiger partial charge is 0.120 e. The van der Waals surface area contributed by atoms with E-state index in [0.717, 1.165) is 23.0 Å². The number of aromatic hydroxyl groups is 1. The van der Waals surface area contributed by atoms with E-state index in [2.05, 4.69) is 40.1 Å². The van der Waals surface area contributed by atoms with Crippen LogP contribution in [-0.4, -0.2) is 36.2 Å². The first-order chi connectivity index (χ1) is 9.10. The third-order valence-electron chi connectivity index (χ3n) is 3.83. The fourth-order valence-electron chi connectivity index (χ4n) is 2.82. The Morgan fingerprint density at radius 3 is 3.00 bits per heavy atom. The zero-order valence-corrected chi connectivity index (χ0v) is 13.3. The van der Waals surface area contributed by atoms with E-state index in [-0.39, 0.29) is 6.04 Å². The number of phenols is 1. The molecule has 0 spiro atoms. The molecule has 1 aliphatic heterocycles. The summed E-state index contributed by atoms with van der Waals surface area (Å²) in [6.07, 6.45) is 3.44. The lowest BCUT2D eigenvalue weighted by Gasteiger charge is -2.33. The summed E-state index contributed by atoms with van der Waals surface area (Å²) in [6.45, 7) is 4.44. The summed E-state index contributed by atoms with van der Waals surface area (Å²) in [6, 6.07) is 6.38. The van der Waals surface area contributed by atoms with Gasteiger partial charge in [0.25, 0.3) is 0 Å². The van der Waals surface area contributed by atoms with Gasteiger partial charge in [-0.15, -0.1) is 0 Å². The average molecular weight is 327 g/mol. The predicted molar refractivity (Wildman–Crippen MR) is 82.5 cm³/mol. The van der Waals surface area contributed by atoms with Gasteiger partial charge < -0.3 is 15.3 Å². The van der Waals surface area contributed by atoms with Crippen LogP contribution in [0.3, 0.4) is 0 Å². The molecule has 1 aromatic carbocycles. The van der Waals surface area contributed by atoms with E-state index in [9.17, 15) is 5.11 Å². The Morgan fingerprint density at radius 1 is 1.53 bits per heavy atom. The minimum atomic E-state index is 0.217. The number of likely N-dealkylation sites (N-methyl/N-ethyl adjacent to an activating group) is 1. The molecule has 0 radical (unpaired) electrons. The molecule has 1 fully saturated rings. The van der Waals surface area contributed by atoms with Crippen LogP contribution in [0.4, 0.5) is 0 Å². The van der Waals surface area contributed by atoms with Gasteiger partial charge in [0.1, 0.15) is 5.75 Å². The summed E-state index contributed by atoms with van der Waals surface area (Å²) in [5, 5.41) is 13.7. The average Bonchev–Trinajstić information content (AvgIpc) is 2.39. The maximum atomic E-state index is 10.0. The van der Waals surface area contributed by atoms with E-state index in [0.29, 0.717) is 11.8 Å². The Hall–Kier alpha value is -0.580. The van der Waals surface area contributed by atoms with E-state index in [1.165, 1.54) is 19.4 Å². The van der Waals surface area contributed by atoms with Crippen LogP contribution in [-0.2, 0) is 0 Å². The largest absolute Gasteiger partial charge is 0.508 e. The normalized spacial score (nSPS) is 22.4. The number of piperidine rings is 1. The van der Waals surface area contributed by atoms with Crippen LogP contribution in [0, 0.1) is 0 Å². The van der Waals surface area contributed by atoms with Gasteiger partial charge in [-0.2, -0.15) is 0 Å². The van der Waals surface area contributed by atoms with E-state index >= 15 is 0 Å². The third-order valence-corrected chi connectivity index (χ3v) is 4.33. The third kappa shape index (κ3) is 3.94. The molecule has 2 rings (SSSR count). The fraction of sp³-hybridized carbons (Fsp3) is 0.600. The maximum Gasteiger partial charge on any atom is 0.120 e. The van der Waals surface area contributed by atoms with Crippen LogP contribution in [0.15, 0.2) is 22.7 Å². The standard InChI is InChI=1S/C15H23BrN2O/c1-3-14(13-9-11(16)6-7-15(13)19)17-12-5-4-8-18(2)10-12/h6-7,9,12,14,17,19H,3-5,8,10H2,1-2H3. The van der Waals surface area contributed by atoms with Crippen molar-refractivity contribution in [3.63, 3.8) is 0 Å². The van der Waals surface area contributed by atoms with Gasteiger partial charge in [0, 0.05) is 28.7 Å². The van der Waals surface area contributed by atoms with Gasteiger partial charge in [-0.05, 0) is 51.1 Å². The number of nitrogens with one attached hydrogen (secondary N) is 1. The lowest BCUT2D eigenvalue weighted by atomic mass is 9.99. The van der Waals surface area contributed by atoms with E-state index in [4.69, 9.17) is 0 Å². The van der Waals surface area contributed by atoms with Crippen LogP contribution >= 0.6 is 15.9 Å². The Balaban J connectivity index is 2.09. The second-order valence-corrected chi connectivity index (χ2v) is 6.35. The molecule has 0 amide bonds. The number of rotatable bonds is 4. The summed E-state index contributed by atoms with van der Waals surface area (Å²) in [5.74, 6) is 0.381. The van der Waals surface area contributed by atoms with Crippen LogP contribution in [0.2, 0.25) is 0 Å². The van der Waals surface area contributed by atoms with Crippen molar-refractivity contribution in [2.45, 2.75) is 38.3 Å². The molecule has 4 heteroatoms. The van der Waals surface area contributed by atoms with Crippen LogP contribution in [0.5, 0.6) is 5.75 Å². The number of benzene rings is 1. The van der Waals surface area contributed by atoms with Crippen molar-refractivity contribution >= 4 is 15.9 Å². The molecule has 0 aliphatic carbocycles. The predicted octanol–water partition coefficient (Wildman–Crippen LogP) is 3.29. The number of likely N-dealkylation sites (tertiary alicyclic amines) is 1. The molecule has 1 aromatic rings. The second kappa shape index (κ2) is 6.73. The highest BCUT2D eigenvalue weighted by Gasteiger charge is 2.22. The molecule has 2 atom stereocenters. The number of nitrogens with zero attached hydrogens (tertiary/aromatic N) is 1. The summed E-state index contributed by atoms with van der Waals surface area (Å²) >= 11 is 3.48. The van der Waals surface area contributed by atoms with Gasteiger partial charge in [0.15, 0.2) is 0 Å². The molecule has 2 unspecified atom stereocenters. The molecule has 0 bridgehead atoms. The van der Waals surface area contributed by atoms with Gasteiger partial charge in [-0.1, -0.05) is 22.9 Å². The number of phenolic OH excluding ortho intramolecular Hbond substituents is 1. The van der Waals surface area contributed by atoms with Gasteiger partial charge in [-0.3, -0.25) is 0 Å². The van der Waals surface area contributed by atoms with E-state index in [1.54, 1.807) is 6.07 Å². The maximum absolute atomic E-state index is 10.0. The molecular formula is C15H23BrN2O. The number of hydrogen-bond donors (Lipinski definition) is 2. The lowest BCUT2D eigenvalue weighted by molar-refractivity contribution is 0.214. The Labute approximate surface area is 124 Å². The van der Waals surface area contributed by atoms with Crippen molar-refractivity contribution in [3.05, 3.63) is 28.2 Å². The Kier molecular flexibility index (Phi) is 5.25. The molecular weight excluding hydrogens is 304 g/mol. The van der Waals surface area contributed by atoms with Crippen molar-refractivity contribution in [1.82, 2.24) is 10.2 Å². The van der Waals surface area contributed by atoms with Gasteiger partial charge >= 0.3 is 0 Å². The molecule has 0 aromatic heterocycles. The first-order valence-corrected chi connectivity index (χ1v) is 7.82. The van der Waals surface area contributed by atoms with Crippen LogP contribution in [0.25, 0.3) is 0 Å². The number of halogens is 1. The van der Waals surface area contributed by atoms with Crippen LogP contribution < -0.4 is 5.32 Å². The van der Waals surface area contributed by atoms with Crippen LogP contribution in [0.1, 0.15) is 37.8 Å². The molecule has 106 valence electrons. The quantitative estimate of drug-likeness (QED) is 0.891. The SMILES string of the molecule is CCC(NC1CCCN(C)C1)c1cc(Br)ccc1O. The molecule has 1 aliphatic rings. The Morgan fingerprint density at radius 2 is 2.32 bits per heavy atom. The molecule has 19 heavy (non-hydrogen) atoms.